The van der Waals surface area contributed by atoms with Gasteiger partial charge >= 0.3 is 0 Å². The minimum atomic E-state index is -0.675. The SMILES string of the molecule is Cc1cc(NC(=O)C(C)NC(=O)CCc2ccccc2Cl)no1. The molecule has 0 saturated heterocycles. The number of hydrogen-bond donors (Lipinski definition) is 2. The Morgan fingerprint density at radius 2 is 2.09 bits per heavy atom. The highest BCUT2D eigenvalue weighted by molar-refractivity contribution is 6.31. The van der Waals surface area contributed by atoms with Crippen LogP contribution in [0.4, 0.5) is 5.82 Å². The highest BCUT2D eigenvalue weighted by atomic mass is 35.5. The molecule has 1 unspecified atom stereocenters. The summed E-state index contributed by atoms with van der Waals surface area (Å²) in [6.07, 6.45) is 0.771. The molecule has 0 saturated carbocycles. The Morgan fingerprint density at radius 3 is 2.74 bits per heavy atom. The summed E-state index contributed by atoms with van der Waals surface area (Å²) in [4.78, 5) is 23.9. The first-order valence-electron chi connectivity index (χ1n) is 7.22. The fourth-order valence-electron chi connectivity index (χ4n) is 1.99. The number of aryl methyl sites for hydroxylation is 2. The number of benzene rings is 1. The van der Waals surface area contributed by atoms with Gasteiger partial charge in [-0.2, -0.15) is 0 Å². The van der Waals surface area contributed by atoms with E-state index in [1.165, 1.54) is 0 Å². The molecular weight excluding hydrogens is 318 g/mol. The smallest absolute Gasteiger partial charge is 0.247 e. The van der Waals surface area contributed by atoms with E-state index in [0.29, 0.717) is 23.0 Å². The van der Waals surface area contributed by atoms with Gasteiger partial charge in [-0.05, 0) is 31.9 Å². The highest BCUT2D eigenvalue weighted by Gasteiger charge is 2.17. The van der Waals surface area contributed by atoms with E-state index < -0.39 is 6.04 Å². The maximum atomic E-state index is 12.0. The molecule has 0 bridgehead atoms. The minimum Gasteiger partial charge on any atom is -0.360 e. The van der Waals surface area contributed by atoms with E-state index in [-0.39, 0.29) is 18.2 Å². The van der Waals surface area contributed by atoms with E-state index in [1.807, 2.05) is 18.2 Å². The molecule has 1 aromatic heterocycles. The fourth-order valence-corrected chi connectivity index (χ4v) is 2.22. The summed E-state index contributed by atoms with van der Waals surface area (Å²) >= 11 is 6.04. The second-order valence-corrected chi connectivity index (χ2v) is 5.60. The maximum absolute atomic E-state index is 12.0. The first-order chi connectivity index (χ1) is 11.0. The Hall–Kier alpha value is -2.34. The Labute approximate surface area is 139 Å². The van der Waals surface area contributed by atoms with Crippen molar-refractivity contribution in [2.45, 2.75) is 32.7 Å². The Kier molecular flexibility index (Phi) is 5.76. The van der Waals surface area contributed by atoms with Gasteiger partial charge < -0.3 is 15.2 Å². The molecule has 0 aliphatic heterocycles. The van der Waals surface area contributed by atoms with Crippen molar-refractivity contribution in [1.82, 2.24) is 10.5 Å². The van der Waals surface area contributed by atoms with Crippen molar-refractivity contribution in [2.75, 3.05) is 5.32 Å². The van der Waals surface area contributed by atoms with Crippen LogP contribution in [0.2, 0.25) is 5.02 Å². The van der Waals surface area contributed by atoms with Gasteiger partial charge in [-0.15, -0.1) is 0 Å². The van der Waals surface area contributed by atoms with E-state index >= 15 is 0 Å². The zero-order chi connectivity index (χ0) is 16.8. The number of halogens is 1. The maximum Gasteiger partial charge on any atom is 0.247 e. The van der Waals surface area contributed by atoms with Gasteiger partial charge in [-0.1, -0.05) is 35.0 Å². The summed E-state index contributed by atoms with van der Waals surface area (Å²) in [6.45, 7) is 3.33. The van der Waals surface area contributed by atoms with Crippen LogP contribution in [0.5, 0.6) is 0 Å². The monoisotopic (exact) mass is 335 g/mol. The fraction of sp³-hybridized carbons (Fsp3) is 0.312. The Bertz CT molecular complexity index is 699. The number of carbonyl (C=O) groups excluding carboxylic acids is 2. The van der Waals surface area contributed by atoms with Gasteiger partial charge in [-0.25, -0.2) is 0 Å². The second-order valence-electron chi connectivity index (χ2n) is 5.19. The second kappa shape index (κ2) is 7.78. The van der Waals surface area contributed by atoms with Gasteiger partial charge in [0.25, 0.3) is 0 Å². The predicted octanol–water partition coefficient (Wildman–Crippen LogP) is 2.71. The van der Waals surface area contributed by atoms with Crippen molar-refractivity contribution < 1.29 is 14.1 Å². The number of rotatable bonds is 6. The van der Waals surface area contributed by atoms with Crippen molar-refractivity contribution in [3.05, 3.63) is 46.7 Å². The summed E-state index contributed by atoms with van der Waals surface area (Å²) in [5.74, 6) is 0.342. The Balaban J connectivity index is 1.80. The molecule has 2 amide bonds. The quantitative estimate of drug-likeness (QED) is 0.850. The third-order valence-corrected chi connectivity index (χ3v) is 3.60. The van der Waals surface area contributed by atoms with Crippen LogP contribution in [0.15, 0.2) is 34.9 Å². The normalized spacial score (nSPS) is 11.8. The van der Waals surface area contributed by atoms with Crippen LogP contribution >= 0.6 is 11.6 Å². The number of aromatic nitrogens is 1. The molecular formula is C16H18ClN3O3. The number of hydrogen-bond acceptors (Lipinski definition) is 4. The van der Waals surface area contributed by atoms with Gasteiger partial charge in [0.2, 0.25) is 11.8 Å². The van der Waals surface area contributed by atoms with Crippen LogP contribution in [-0.4, -0.2) is 23.0 Å². The lowest BCUT2D eigenvalue weighted by Crippen LogP contribution is -2.41. The van der Waals surface area contributed by atoms with Gasteiger partial charge in [0.1, 0.15) is 11.8 Å². The molecule has 1 aromatic carbocycles. The predicted molar refractivity (Wildman–Crippen MR) is 87.2 cm³/mol. The van der Waals surface area contributed by atoms with E-state index in [1.54, 1.807) is 26.0 Å². The van der Waals surface area contributed by atoms with Gasteiger partial charge in [0, 0.05) is 17.5 Å². The summed E-state index contributed by atoms with van der Waals surface area (Å²) < 4.78 is 4.86. The molecule has 0 aliphatic rings. The van der Waals surface area contributed by atoms with Crippen LogP contribution in [0.1, 0.15) is 24.7 Å². The number of anilines is 1. The molecule has 2 rings (SSSR count). The third-order valence-electron chi connectivity index (χ3n) is 3.23. The van der Waals surface area contributed by atoms with Crippen molar-refractivity contribution >= 4 is 29.2 Å². The standard InChI is InChI=1S/C16H18ClN3O3/c1-10-9-14(20-23-10)19-16(22)11(2)18-15(21)8-7-12-5-3-4-6-13(12)17/h3-6,9,11H,7-8H2,1-2H3,(H,18,21)(H,19,20,22). The van der Waals surface area contributed by atoms with Gasteiger partial charge in [0.05, 0.1) is 0 Å². The number of nitrogens with one attached hydrogen (secondary N) is 2. The van der Waals surface area contributed by atoms with E-state index in [4.69, 9.17) is 16.1 Å². The summed E-state index contributed by atoms with van der Waals surface area (Å²) in [6, 6.07) is 8.29. The third kappa shape index (κ3) is 5.10. The summed E-state index contributed by atoms with van der Waals surface area (Å²) in [5.41, 5.74) is 0.902. The lowest BCUT2D eigenvalue weighted by atomic mass is 10.1. The first kappa shape index (κ1) is 17.0. The molecule has 122 valence electrons. The van der Waals surface area contributed by atoms with E-state index in [9.17, 15) is 9.59 Å². The molecule has 1 heterocycles. The molecule has 0 fully saturated rings. The highest BCUT2D eigenvalue weighted by Crippen LogP contribution is 2.16. The lowest BCUT2D eigenvalue weighted by molar-refractivity contribution is -0.126. The molecule has 7 heteroatoms. The van der Waals surface area contributed by atoms with Crippen LogP contribution in [-0.2, 0) is 16.0 Å². The van der Waals surface area contributed by atoms with Gasteiger partial charge in [0.15, 0.2) is 5.82 Å². The van der Waals surface area contributed by atoms with Gasteiger partial charge in [-0.3, -0.25) is 9.59 Å². The zero-order valence-corrected chi connectivity index (χ0v) is 13.7. The van der Waals surface area contributed by atoms with Crippen LogP contribution in [0.25, 0.3) is 0 Å². The molecule has 0 spiro atoms. The topological polar surface area (TPSA) is 84.2 Å². The summed E-state index contributed by atoms with van der Waals surface area (Å²) in [7, 11) is 0. The number of nitrogens with zero attached hydrogens (tertiary/aromatic N) is 1. The molecule has 2 N–H and O–H groups in total. The average Bonchev–Trinajstić information content (AvgIpc) is 2.91. The van der Waals surface area contributed by atoms with Crippen molar-refractivity contribution in [2.24, 2.45) is 0 Å². The van der Waals surface area contributed by atoms with Crippen LogP contribution in [0.3, 0.4) is 0 Å². The Morgan fingerprint density at radius 1 is 1.35 bits per heavy atom. The van der Waals surface area contributed by atoms with E-state index in [0.717, 1.165) is 5.56 Å². The lowest BCUT2D eigenvalue weighted by Gasteiger charge is -2.13. The number of amides is 2. The van der Waals surface area contributed by atoms with Crippen molar-refractivity contribution in [3.8, 4) is 0 Å². The first-order valence-corrected chi connectivity index (χ1v) is 7.60. The zero-order valence-electron chi connectivity index (χ0n) is 12.9. The van der Waals surface area contributed by atoms with E-state index in [2.05, 4.69) is 15.8 Å². The summed E-state index contributed by atoms with van der Waals surface area (Å²) in [5, 5.41) is 9.52. The average molecular weight is 336 g/mol. The van der Waals surface area contributed by atoms with Crippen molar-refractivity contribution in [3.63, 3.8) is 0 Å². The van der Waals surface area contributed by atoms with Crippen LogP contribution in [0, 0.1) is 6.92 Å². The van der Waals surface area contributed by atoms with Crippen LogP contribution < -0.4 is 10.6 Å². The molecule has 6 nitrogen and oxygen atoms in total. The van der Waals surface area contributed by atoms with Crippen molar-refractivity contribution in [1.29, 1.82) is 0 Å². The molecule has 0 aliphatic carbocycles. The molecule has 1 atom stereocenters. The molecule has 2 aromatic rings. The largest absolute Gasteiger partial charge is 0.360 e. The number of carbonyl (C=O) groups is 2. The molecule has 23 heavy (non-hydrogen) atoms. The molecule has 0 radical (unpaired) electrons. The minimum absolute atomic E-state index is 0.219.